The zero-order valence-electron chi connectivity index (χ0n) is 10.1. The maximum atomic E-state index is 4.43. The van der Waals surface area contributed by atoms with Gasteiger partial charge in [0.05, 0.1) is 17.4 Å². The summed E-state index contributed by atoms with van der Waals surface area (Å²) in [6.45, 7) is 3.22. The molecular formula is C14H18N2S. The molecule has 0 spiro atoms. The Morgan fingerprint density at radius 1 is 1.29 bits per heavy atom. The fourth-order valence-corrected chi connectivity index (χ4v) is 2.36. The lowest BCUT2D eigenvalue weighted by Crippen LogP contribution is -2.03. The lowest BCUT2D eigenvalue weighted by Gasteiger charge is -2.06. The van der Waals surface area contributed by atoms with Gasteiger partial charge in [-0.1, -0.05) is 25.1 Å². The molecule has 2 nitrogen and oxygen atoms in total. The first-order valence-electron chi connectivity index (χ1n) is 6.06. The number of benzene rings is 1. The lowest BCUT2D eigenvalue weighted by atomic mass is 10.2. The highest BCUT2D eigenvalue weighted by Gasteiger charge is 1.96. The Bertz CT molecular complexity index is 470. The topological polar surface area (TPSA) is 24.9 Å². The molecule has 0 aliphatic rings. The van der Waals surface area contributed by atoms with Crippen LogP contribution in [0.3, 0.4) is 0 Å². The van der Waals surface area contributed by atoms with Crippen LogP contribution >= 0.6 is 11.8 Å². The highest BCUT2D eigenvalue weighted by atomic mass is 32.2. The molecule has 0 amide bonds. The summed E-state index contributed by atoms with van der Waals surface area (Å²) in [4.78, 5) is 4.43. The van der Waals surface area contributed by atoms with Crippen LogP contribution in [-0.2, 0) is 0 Å². The van der Waals surface area contributed by atoms with Gasteiger partial charge in [-0.3, -0.25) is 4.98 Å². The molecule has 90 valence electrons. The van der Waals surface area contributed by atoms with Crippen molar-refractivity contribution in [3.8, 4) is 0 Å². The summed E-state index contributed by atoms with van der Waals surface area (Å²) in [5.74, 6) is 2.43. The van der Waals surface area contributed by atoms with Gasteiger partial charge in [0.2, 0.25) is 0 Å². The molecule has 0 unspecified atom stereocenters. The Hall–Kier alpha value is -1.22. The zero-order valence-corrected chi connectivity index (χ0v) is 11.0. The molecule has 0 saturated heterocycles. The molecule has 0 saturated carbocycles. The van der Waals surface area contributed by atoms with E-state index < -0.39 is 0 Å². The molecule has 0 aliphatic heterocycles. The third kappa shape index (κ3) is 3.63. The molecule has 3 heteroatoms. The van der Waals surface area contributed by atoms with E-state index in [-0.39, 0.29) is 0 Å². The van der Waals surface area contributed by atoms with Crippen molar-refractivity contribution in [1.82, 2.24) is 4.98 Å². The van der Waals surface area contributed by atoms with Crippen LogP contribution in [0.1, 0.15) is 13.3 Å². The number of nitrogens with one attached hydrogen (secondary N) is 1. The van der Waals surface area contributed by atoms with E-state index in [9.17, 15) is 0 Å². The van der Waals surface area contributed by atoms with Gasteiger partial charge in [-0.2, -0.15) is 11.8 Å². The quantitative estimate of drug-likeness (QED) is 0.785. The van der Waals surface area contributed by atoms with Crippen LogP contribution in [-0.4, -0.2) is 23.0 Å². The fourth-order valence-electron chi connectivity index (χ4n) is 1.72. The Morgan fingerprint density at radius 2 is 2.18 bits per heavy atom. The van der Waals surface area contributed by atoms with Crippen molar-refractivity contribution in [2.75, 3.05) is 23.4 Å². The summed E-state index contributed by atoms with van der Waals surface area (Å²) >= 11 is 1.99. The summed E-state index contributed by atoms with van der Waals surface area (Å²) in [7, 11) is 0. The Balaban J connectivity index is 1.90. The van der Waals surface area contributed by atoms with E-state index >= 15 is 0 Å². The predicted octanol–water partition coefficient (Wildman–Crippen LogP) is 3.79. The van der Waals surface area contributed by atoms with Crippen LogP contribution in [0.2, 0.25) is 0 Å². The molecule has 2 rings (SSSR count). The van der Waals surface area contributed by atoms with Gasteiger partial charge in [0, 0.05) is 11.9 Å². The molecule has 0 bridgehead atoms. The molecule has 1 aromatic carbocycles. The minimum Gasteiger partial charge on any atom is -0.384 e. The van der Waals surface area contributed by atoms with E-state index in [2.05, 4.69) is 29.4 Å². The minimum absolute atomic E-state index is 1.02. The maximum absolute atomic E-state index is 4.43. The molecule has 0 radical (unpaired) electrons. The largest absolute Gasteiger partial charge is 0.384 e. The van der Waals surface area contributed by atoms with Crippen molar-refractivity contribution < 1.29 is 0 Å². The Kier molecular flexibility index (Phi) is 4.68. The van der Waals surface area contributed by atoms with E-state index in [0.717, 1.165) is 17.7 Å². The number of fused-ring (bicyclic) bond motifs is 1. The molecule has 0 aliphatic carbocycles. The monoisotopic (exact) mass is 246 g/mol. The standard InChI is InChI=1S/C14H18N2S/c1-2-17-9-5-8-15-13-10-12-6-3-4-7-14(12)16-11-13/h3-4,6-7,10-11,15H,2,5,8-9H2,1H3. The van der Waals surface area contributed by atoms with E-state index in [4.69, 9.17) is 0 Å². The second-order valence-corrected chi connectivity index (χ2v) is 5.29. The van der Waals surface area contributed by atoms with Crippen LogP contribution in [0.15, 0.2) is 36.5 Å². The molecule has 1 N–H and O–H groups in total. The van der Waals surface area contributed by atoms with Gasteiger partial charge in [0.15, 0.2) is 0 Å². The van der Waals surface area contributed by atoms with Crippen molar-refractivity contribution in [3.63, 3.8) is 0 Å². The van der Waals surface area contributed by atoms with Gasteiger partial charge < -0.3 is 5.32 Å². The summed E-state index contributed by atoms with van der Waals surface area (Å²) in [6.07, 6.45) is 3.11. The number of anilines is 1. The summed E-state index contributed by atoms with van der Waals surface area (Å²) in [6, 6.07) is 10.4. The number of thioether (sulfide) groups is 1. The van der Waals surface area contributed by atoms with Crippen molar-refractivity contribution in [2.45, 2.75) is 13.3 Å². The molecule has 0 atom stereocenters. The predicted molar refractivity (Wildman–Crippen MR) is 77.8 cm³/mol. The van der Waals surface area contributed by atoms with Gasteiger partial charge in [-0.05, 0) is 30.1 Å². The highest BCUT2D eigenvalue weighted by molar-refractivity contribution is 7.99. The second-order valence-electron chi connectivity index (χ2n) is 3.89. The number of hydrogen-bond acceptors (Lipinski definition) is 3. The number of aromatic nitrogens is 1. The number of nitrogens with zero attached hydrogens (tertiary/aromatic N) is 1. The normalized spacial score (nSPS) is 10.6. The fraction of sp³-hybridized carbons (Fsp3) is 0.357. The number of para-hydroxylation sites is 1. The van der Waals surface area contributed by atoms with Gasteiger partial charge in [0.1, 0.15) is 0 Å². The third-order valence-corrected chi connectivity index (χ3v) is 3.57. The van der Waals surface area contributed by atoms with Crippen molar-refractivity contribution in [2.24, 2.45) is 0 Å². The molecule has 2 aromatic rings. The minimum atomic E-state index is 1.02. The molecule has 0 fully saturated rings. The van der Waals surface area contributed by atoms with Crippen LogP contribution < -0.4 is 5.32 Å². The Morgan fingerprint density at radius 3 is 3.06 bits per heavy atom. The van der Waals surface area contributed by atoms with Crippen LogP contribution in [0.25, 0.3) is 10.9 Å². The summed E-state index contributed by atoms with van der Waals surface area (Å²) in [5, 5.41) is 4.61. The van der Waals surface area contributed by atoms with E-state index in [1.807, 2.05) is 36.2 Å². The average molecular weight is 246 g/mol. The highest BCUT2D eigenvalue weighted by Crippen LogP contribution is 2.15. The first-order valence-corrected chi connectivity index (χ1v) is 7.22. The summed E-state index contributed by atoms with van der Waals surface area (Å²) < 4.78 is 0. The second kappa shape index (κ2) is 6.50. The lowest BCUT2D eigenvalue weighted by molar-refractivity contribution is 0.990. The van der Waals surface area contributed by atoms with Crippen molar-refractivity contribution >= 4 is 28.4 Å². The molecular weight excluding hydrogens is 228 g/mol. The first kappa shape index (κ1) is 12.2. The third-order valence-electron chi connectivity index (χ3n) is 2.59. The van der Waals surface area contributed by atoms with E-state index in [1.165, 1.54) is 23.3 Å². The summed E-state index contributed by atoms with van der Waals surface area (Å²) in [5.41, 5.74) is 2.17. The smallest absolute Gasteiger partial charge is 0.0703 e. The molecule has 1 aromatic heterocycles. The van der Waals surface area contributed by atoms with E-state index in [1.54, 1.807) is 0 Å². The SMILES string of the molecule is CCSCCCNc1cnc2ccccc2c1. The molecule has 1 heterocycles. The van der Waals surface area contributed by atoms with Gasteiger partial charge in [-0.15, -0.1) is 0 Å². The average Bonchev–Trinajstić information content (AvgIpc) is 2.38. The van der Waals surface area contributed by atoms with Crippen LogP contribution in [0.5, 0.6) is 0 Å². The van der Waals surface area contributed by atoms with Gasteiger partial charge in [-0.25, -0.2) is 0 Å². The number of hydrogen-bond donors (Lipinski definition) is 1. The van der Waals surface area contributed by atoms with Crippen LogP contribution in [0, 0.1) is 0 Å². The van der Waals surface area contributed by atoms with Crippen LogP contribution in [0.4, 0.5) is 5.69 Å². The van der Waals surface area contributed by atoms with Crippen molar-refractivity contribution in [3.05, 3.63) is 36.5 Å². The van der Waals surface area contributed by atoms with Gasteiger partial charge >= 0.3 is 0 Å². The van der Waals surface area contributed by atoms with E-state index in [0.29, 0.717) is 0 Å². The zero-order chi connectivity index (χ0) is 11.9. The first-order chi connectivity index (χ1) is 8.40. The Labute approximate surface area is 107 Å². The maximum Gasteiger partial charge on any atom is 0.0703 e. The number of pyridine rings is 1. The van der Waals surface area contributed by atoms with Gasteiger partial charge in [0.25, 0.3) is 0 Å². The molecule has 17 heavy (non-hydrogen) atoms. The number of rotatable bonds is 6. The van der Waals surface area contributed by atoms with Crippen molar-refractivity contribution in [1.29, 1.82) is 0 Å².